The second-order valence-corrected chi connectivity index (χ2v) is 9.25. The SMILES string of the molecule is COc1ccc(C(=O)NCc2nnc(SCC(=O)Nc3nc(-c4ccccc4)cs3)n2C)cc1OC. The van der Waals surface area contributed by atoms with Gasteiger partial charge in [-0.15, -0.1) is 21.5 Å². The number of methoxy groups -OCH3 is 2. The molecule has 0 aliphatic carbocycles. The lowest BCUT2D eigenvalue weighted by Gasteiger charge is -2.10. The molecule has 12 heteroatoms. The maximum absolute atomic E-state index is 12.6. The minimum absolute atomic E-state index is 0.143. The first-order valence-corrected chi connectivity index (χ1v) is 12.7. The highest BCUT2D eigenvalue weighted by molar-refractivity contribution is 7.99. The third kappa shape index (κ3) is 6.01. The van der Waals surface area contributed by atoms with E-state index >= 15 is 0 Å². The zero-order valence-corrected chi connectivity index (χ0v) is 21.5. The van der Waals surface area contributed by atoms with Crippen LogP contribution >= 0.6 is 23.1 Å². The number of anilines is 1. The van der Waals surface area contributed by atoms with Crippen LogP contribution in [-0.2, 0) is 18.4 Å². The highest BCUT2D eigenvalue weighted by Gasteiger charge is 2.15. The summed E-state index contributed by atoms with van der Waals surface area (Å²) in [6, 6.07) is 14.7. The Bertz CT molecular complexity index is 1360. The molecule has 0 bridgehead atoms. The Hall–Kier alpha value is -3.90. The molecule has 0 unspecified atom stereocenters. The number of thioether (sulfide) groups is 1. The van der Waals surface area contributed by atoms with Gasteiger partial charge in [-0.05, 0) is 18.2 Å². The molecule has 36 heavy (non-hydrogen) atoms. The molecule has 2 aromatic carbocycles. The molecule has 0 aliphatic heterocycles. The number of carbonyl (C=O) groups is 2. The van der Waals surface area contributed by atoms with Crippen molar-refractivity contribution < 1.29 is 19.1 Å². The van der Waals surface area contributed by atoms with Crippen molar-refractivity contribution in [2.24, 2.45) is 7.05 Å². The molecular formula is C24H24N6O4S2. The third-order valence-electron chi connectivity index (χ3n) is 5.13. The number of benzene rings is 2. The first kappa shape index (κ1) is 25.2. The van der Waals surface area contributed by atoms with Gasteiger partial charge in [0.2, 0.25) is 5.91 Å². The molecule has 2 amide bonds. The van der Waals surface area contributed by atoms with Crippen LogP contribution in [0, 0.1) is 0 Å². The molecule has 0 radical (unpaired) electrons. The van der Waals surface area contributed by atoms with Gasteiger partial charge in [-0.1, -0.05) is 42.1 Å². The van der Waals surface area contributed by atoms with Gasteiger partial charge in [0, 0.05) is 23.6 Å². The molecule has 2 N–H and O–H groups in total. The lowest BCUT2D eigenvalue weighted by atomic mass is 10.2. The second-order valence-electron chi connectivity index (χ2n) is 7.45. The van der Waals surface area contributed by atoms with Gasteiger partial charge in [-0.2, -0.15) is 0 Å². The summed E-state index contributed by atoms with van der Waals surface area (Å²) in [7, 11) is 4.83. The van der Waals surface area contributed by atoms with Crippen molar-refractivity contribution >= 4 is 40.0 Å². The third-order valence-corrected chi connectivity index (χ3v) is 6.91. The number of aromatic nitrogens is 4. The maximum Gasteiger partial charge on any atom is 0.251 e. The zero-order valence-electron chi connectivity index (χ0n) is 19.8. The average Bonchev–Trinajstić information content (AvgIpc) is 3.52. The lowest BCUT2D eigenvalue weighted by Crippen LogP contribution is -2.24. The summed E-state index contributed by atoms with van der Waals surface area (Å²) in [5, 5.41) is 16.9. The van der Waals surface area contributed by atoms with Gasteiger partial charge in [-0.3, -0.25) is 9.59 Å². The van der Waals surface area contributed by atoms with E-state index in [0.717, 1.165) is 11.3 Å². The molecule has 2 heterocycles. The molecule has 4 rings (SSSR count). The maximum atomic E-state index is 12.6. The van der Waals surface area contributed by atoms with Crippen molar-refractivity contribution in [2.75, 3.05) is 25.3 Å². The Morgan fingerprint density at radius 2 is 1.83 bits per heavy atom. The number of nitrogens with zero attached hydrogens (tertiary/aromatic N) is 4. The van der Waals surface area contributed by atoms with Gasteiger partial charge in [0.1, 0.15) is 0 Å². The van der Waals surface area contributed by atoms with Crippen molar-refractivity contribution in [3.8, 4) is 22.8 Å². The molecule has 4 aromatic rings. The number of nitrogens with one attached hydrogen (secondary N) is 2. The Kier molecular flexibility index (Phi) is 8.18. The molecule has 186 valence electrons. The monoisotopic (exact) mass is 524 g/mol. The lowest BCUT2D eigenvalue weighted by molar-refractivity contribution is -0.113. The summed E-state index contributed by atoms with van der Waals surface area (Å²) in [5.41, 5.74) is 2.24. The molecule has 0 saturated heterocycles. The molecule has 0 fully saturated rings. The molecule has 0 saturated carbocycles. The average molecular weight is 525 g/mol. The van der Waals surface area contributed by atoms with Gasteiger partial charge in [0.05, 0.1) is 32.2 Å². The fourth-order valence-corrected chi connectivity index (χ4v) is 4.69. The standard InChI is InChI=1S/C24H24N6O4S2/c1-30-20(12-25-22(32)16-9-10-18(33-2)19(11-16)34-3)28-29-24(30)36-14-21(31)27-23-26-17(13-35-23)15-7-5-4-6-8-15/h4-11,13H,12,14H2,1-3H3,(H,25,32)(H,26,27,31). The minimum Gasteiger partial charge on any atom is -0.493 e. The quantitative estimate of drug-likeness (QED) is 0.302. The number of rotatable bonds is 10. The minimum atomic E-state index is -0.286. The zero-order chi connectivity index (χ0) is 25.5. The molecule has 0 aliphatic rings. The number of hydrogen-bond donors (Lipinski definition) is 2. The van der Waals surface area contributed by atoms with Crippen LogP contribution < -0.4 is 20.1 Å². The number of thiazole rings is 1. The van der Waals surface area contributed by atoms with E-state index in [0.29, 0.717) is 33.2 Å². The number of carbonyl (C=O) groups excluding carboxylic acids is 2. The predicted molar refractivity (Wildman–Crippen MR) is 139 cm³/mol. The molecule has 0 atom stereocenters. The Labute approximate surface area is 216 Å². The second kappa shape index (κ2) is 11.7. The Morgan fingerprint density at radius 3 is 2.58 bits per heavy atom. The van der Waals surface area contributed by atoms with Crippen LogP contribution in [-0.4, -0.2) is 51.5 Å². The fraction of sp³-hybridized carbons (Fsp3) is 0.208. The smallest absolute Gasteiger partial charge is 0.251 e. The highest BCUT2D eigenvalue weighted by atomic mass is 32.2. The van der Waals surface area contributed by atoms with E-state index in [9.17, 15) is 9.59 Å². The van der Waals surface area contributed by atoms with Crippen molar-refractivity contribution in [2.45, 2.75) is 11.7 Å². The Morgan fingerprint density at radius 1 is 1.06 bits per heavy atom. The summed E-state index contributed by atoms with van der Waals surface area (Å²) in [4.78, 5) is 29.4. The van der Waals surface area contributed by atoms with E-state index in [1.165, 1.54) is 37.3 Å². The molecule has 2 aromatic heterocycles. The summed E-state index contributed by atoms with van der Waals surface area (Å²) in [6.07, 6.45) is 0. The number of ether oxygens (including phenoxy) is 2. The van der Waals surface area contributed by atoms with Crippen LogP contribution in [0.15, 0.2) is 59.1 Å². The molecule has 0 spiro atoms. The first-order chi connectivity index (χ1) is 17.5. The summed E-state index contributed by atoms with van der Waals surface area (Å²) in [5.74, 6) is 1.23. The van der Waals surface area contributed by atoms with E-state index in [1.54, 1.807) is 29.8 Å². The van der Waals surface area contributed by atoms with E-state index in [-0.39, 0.29) is 24.1 Å². The van der Waals surface area contributed by atoms with Gasteiger partial charge in [-0.25, -0.2) is 4.98 Å². The van der Waals surface area contributed by atoms with Crippen molar-refractivity contribution in [3.05, 3.63) is 65.3 Å². The van der Waals surface area contributed by atoms with Gasteiger partial charge in [0.25, 0.3) is 5.91 Å². The van der Waals surface area contributed by atoms with E-state index in [4.69, 9.17) is 9.47 Å². The topological polar surface area (TPSA) is 120 Å². The number of hydrogen-bond acceptors (Lipinski definition) is 9. The van der Waals surface area contributed by atoms with Crippen LogP contribution in [0.3, 0.4) is 0 Å². The van der Waals surface area contributed by atoms with Crippen LogP contribution in [0.5, 0.6) is 11.5 Å². The van der Waals surface area contributed by atoms with Gasteiger partial charge in [0.15, 0.2) is 27.6 Å². The predicted octanol–water partition coefficient (Wildman–Crippen LogP) is 3.62. The van der Waals surface area contributed by atoms with Crippen LogP contribution in [0.2, 0.25) is 0 Å². The highest BCUT2D eigenvalue weighted by Crippen LogP contribution is 2.28. The van der Waals surface area contributed by atoms with Crippen molar-refractivity contribution in [1.82, 2.24) is 25.1 Å². The summed E-state index contributed by atoms with van der Waals surface area (Å²) in [6.45, 7) is 0.171. The Balaban J connectivity index is 1.29. The van der Waals surface area contributed by atoms with Gasteiger partial charge < -0.3 is 24.7 Å². The van der Waals surface area contributed by atoms with E-state index in [2.05, 4.69) is 25.8 Å². The van der Waals surface area contributed by atoms with Crippen LogP contribution in [0.25, 0.3) is 11.3 Å². The van der Waals surface area contributed by atoms with Crippen molar-refractivity contribution in [3.63, 3.8) is 0 Å². The van der Waals surface area contributed by atoms with Crippen molar-refractivity contribution in [1.29, 1.82) is 0 Å². The van der Waals surface area contributed by atoms with E-state index < -0.39 is 0 Å². The number of amides is 2. The largest absolute Gasteiger partial charge is 0.493 e. The normalized spacial score (nSPS) is 10.6. The fourth-order valence-electron chi connectivity index (χ4n) is 3.22. The molecule has 10 nitrogen and oxygen atoms in total. The van der Waals surface area contributed by atoms with Crippen LogP contribution in [0.4, 0.5) is 5.13 Å². The first-order valence-electron chi connectivity index (χ1n) is 10.8. The van der Waals surface area contributed by atoms with E-state index in [1.807, 2.05) is 35.7 Å². The summed E-state index contributed by atoms with van der Waals surface area (Å²) < 4.78 is 12.2. The van der Waals surface area contributed by atoms with Gasteiger partial charge >= 0.3 is 0 Å². The molecular weight excluding hydrogens is 500 g/mol. The van der Waals surface area contributed by atoms with Crippen LogP contribution in [0.1, 0.15) is 16.2 Å². The summed E-state index contributed by atoms with van der Waals surface area (Å²) >= 11 is 2.62.